The summed E-state index contributed by atoms with van der Waals surface area (Å²) in [7, 11) is 0. The first-order valence-electron chi connectivity index (χ1n) is 8.08. The number of carbonyl (C=O) groups excluding carboxylic acids is 1. The van der Waals surface area contributed by atoms with Gasteiger partial charge in [0, 0.05) is 26.8 Å². The van der Waals surface area contributed by atoms with Crippen molar-refractivity contribution >= 4 is 45.0 Å². The van der Waals surface area contributed by atoms with Crippen molar-refractivity contribution in [2.75, 3.05) is 5.32 Å². The third-order valence-electron chi connectivity index (χ3n) is 3.82. The number of carbonyl (C=O) groups is 1. The van der Waals surface area contributed by atoms with Crippen molar-refractivity contribution in [3.05, 3.63) is 62.9 Å². The number of benzene rings is 1. The number of nitrogens with zero attached hydrogens (tertiary/aromatic N) is 2. The maximum Gasteiger partial charge on any atom is 0.232 e. The number of rotatable bonds is 5. The van der Waals surface area contributed by atoms with E-state index in [0.29, 0.717) is 5.13 Å². The van der Waals surface area contributed by atoms with Crippen LogP contribution in [0, 0.1) is 12.7 Å². The van der Waals surface area contributed by atoms with Gasteiger partial charge in [-0.3, -0.25) is 4.79 Å². The van der Waals surface area contributed by atoms with Crippen LogP contribution in [0.25, 0.3) is 21.8 Å². The van der Waals surface area contributed by atoms with Crippen LogP contribution in [-0.4, -0.2) is 15.9 Å². The fourth-order valence-electron chi connectivity index (χ4n) is 2.56. The van der Waals surface area contributed by atoms with Crippen molar-refractivity contribution in [3.8, 4) is 21.8 Å². The standard InChI is InChI=1S/C19H14FN3OS3/c1-11-17(12-2-4-14(20)5-3-12)23-19(27-11)22-16(24)8-15-10-26-18(21-15)13-6-7-25-9-13/h2-7,9-10H,8H2,1H3,(H,22,23,24). The monoisotopic (exact) mass is 415 g/mol. The van der Waals surface area contributed by atoms with Gasteiger partial charge >= 0.3 is 0 Å². The Kier molecular flexibility index (Phi) is 5.11. The van der Waals surface area contributed by atoms with Crippen LogP contribution in [0.4, 0.5) is 9.52 Å². The number of hydrogen-bond acceptors (Lipinski definition) is 6. The molecule has 8 heteroatoms. The predicted molar refractivity (Wildman–Crippen MR) is 110 cm³/mol. The average Bonchev–Trinajstić information content (AvgIpc) is 3.37. The number of aryl methyl sites for hydroxylation is 1. The molecule has 0 bridgehead atoms. The summed E-state index contributed by atoms with van der Waals surface area (Å²) in [6.45, 7) is 1.93. The van der Waals surface area contributed by atoms with Gasteiger partial charge in [-0.1, -0.05) is 0 Å². The highest BCUT2D eigenvalue weighted by Gasteiger charge is 2.14. The summed E-state index contributed by atoms with van der Waals surface area (Å²) in [4.78, 5) is 22.3. The average molecular weight is 416 g/mol. The number of thiophene rings is 1. The van der Waals surface area contributed by atoms with Crippen LogP contribution < -0.4 is 5.32 Å². The van der Waals surface area contributed by atoms with Gasteiger partial charge in [-0.2, -0.15) is 11.3 Å². The Morgan fingerprint density at radius 2 is 1.93 bits per heavy atom. The van der Waals surface area contributed by atoms with Crippen LogP contribution in [0.2, 0.25) is 0 Å². The van der Waals surface area contributed by atoms with Crippen molar-refractivity contribution in [1.82, 2.24) is 9.97 Å². The van der Waals surface area contributed by atoms with Crippen LogP contribution in [0.1, 0.15) is 10.6 Å². The molecule has 1 aromatic carbocycles. The molecule has 0 fully saturated rings. The zero-order valence-electron chi connectivity index (χ0n) is 14.2. The Balaban J connectivity index is 1.44. The van der Waals surface area contributed by atoms with Gasteiger partial charge in [-0.05, 0) is 42.6 Å². The first-order chi connectivity index (χ1) is 13.1. The van der Waals surface area contributed by atoms with E-state index >= 15 is 0 Å². The van der Waals surface area contributed by atoms with Gasteiger partial charge in [0.2, 0.25) is 5.91 Å². The largest absolute Gasteiger partial charge is 0.302 e. The second-order valence-electron chi connectivity index (χ2n) is 5.81. The zero-order valence-corrected chi connectivity index (χ0v) is 16.7. The number of thiazole rings is 2. The van der Waals surface area contributed by atoms with Crippen molar-refractivity contribution in [2.45, 2.75) is 13.3 Å². The number of hydrogen-bond donors (Lipinski definition) is 1. The molecular formula is C19H14FN3OS3. The highest BCUT2D eigenvalue weighted by Crippen LogP contribution is 2.31. The van der Waals surface area contributed by atoms with Crippen molar-refractivity contribution in [2.24, 2.45) is 0 Å². The molecule has 0 radical (unpaired) electrons. The summed E-state index contributed by atoms with van der Waals surface area (Å²) in [5.41, 5.74) is 3.40. The fraction of sp³-hybridized carbons (Fsp3) is 0.105. The molecule has 0 aliphatic heterocycles. The first-order valence-corrected chi connectivity index (χ1v) is 10.7. The van der Waals surface area contributed by atoms with Gasteiger partial charge in [-0.25, -0.2) is 14.4 Å². The van der Waals surface area contributed by atoms with Crippen LogP contribution >= 0.6 is 34.0 Å². The minimum Gasteiger partial charge on any atom is -0.302 e. The lowest BCUT2D eigenvalue weighted by Gasteiger charge is -2.00. The van der Waals surface area contributed by atoms with Gasteiger partial charge in [-0.15, -0.1) is 22.7 Å². The van der Waals surface area contributed by atoms with Gasteiger partial charge < -0.3 is 5.32 Å². The molecule has 0 atom stereocenters. The Bertz CT molecular complexity index is 1070. The van der Waals surface area contributed by atoms with E-state index in [2.05, 4.69) is 15.3 Å². The van der Waals surface area contributed by atoms with Crippen LogP contribution in [-0.2, 0) is 11.2 Å². The number of aromatic nitrogens is 2. The Hall–Kier alpha value is -2.42. The maximum absolute atomic E-state index is 13.1. The SMILES string of the molecule is Cc1sc(NC(=O)Cc2csc(-c3ccsc3)n2)nc1-c1ccc(F)cc1. The first kappa shape index (κ1) is 18.0. The molecule has 0 aliphatic carbocycles. The molecule has 4 aromatic rings. The predicted octanol–water partition coefficient (Wildman–Crippen LogP) is 5.62. The second-order valence-corrected chi connectivity index (χ2v) is 8.65. The zero-order chi connectivity index (χ0) is 18.8. The second kappa shape index (κ2) is 7.67. The lowest BCUT2D eigenvalue weighted by molar-refractivity contribution is -0.115. The molecule has 27 heavy (non-hydrogen) atoms. The normalized spacial score (nSPS) is 10.9. The topological polar surface area (TPSA) is 54.9 Å². The third-order valence-corrected chi connectivity index (χ3v) is 6.33. The molecule has 1 amide bonds. The Morgan fingerprint density at radius 3 is 2.67 bits per heavy atom. The molecule has 4 nitrogen and oxygen atoms in total. The molecule has 3 heterocycles. The molecule has 0 saturated heterocycles. The quantitative estimate of drug-likeness (QED) is 0.460. The molecule has 1 N–H and O–H groups in total. The summed E-state index contributed by atoms with van der Waals surface area (Å²) in [5, 5.41) is 10.2. The van der Waals surface area contributed by atoms with Gasteiger partial charge in [0.1, 0.15) is 10.8 Å². The fourth-order valence-corrected chi connectivity index (χ4v) is 4.94. The van der Waals surface area contributed by atoms with Gasteiger partial charge in [0.05, 0.1) is 17.8 Å². The summed E-state index contributed by atoms with van der Waals surface area (Å²) in [6.07, 6.45) is 0.200. The smallest absolute Gasteiger partial charge is 0.232 e. The minimum atomic E-state index is -0.287. The van der Waals surface area contributed by atoms with E-state index in [0.717, 1.165) is 32.4 Å². The van der Waals surface area contributed by atoms with E-state index in [9.17, 15) is 9.18 Å². The molecular weight excluding hydrogens is 401 g/mol. The number of anilines is 1. The van der Waals surface area contributed by atoms with Crippen molar-refractivity contribution < 1.29 is 9.18 Å². The molecule has 136 valence electrons. The lowest BCUT2D eigenvalue weighted by Crippen LogP contribution is -2.14. The Labute approximate surface area is 167 Å². The van der Waals surface area contributed by atoms with E-state index < -0.39 is 0 Å². The highest BCUT2D eigenvalue weighted by molar-refractivity contribution is 7.16. The number of halogens is 1. The van der Waals surface area contributed by atoms with Crippen molar-refractivity contribution in [1.29, 1.82) is 0 Å². The van der Waals surface area contributed by atoms with E-state index in [1.54, 1.807) is 23.5 Å². The maximum atomic E-state index is 13.1. The molecule has 0 spiro atoms. The lowest BCUT2D eigenvalue weighted by atomic mass is 10.1. The van der Waals surface area contributed by atoms with E-state index in [1.807, 2.05) is 29.1 Å². The minimum absolute atomic E-state index is 0.156. The van der Waals surface area contributed by atoms with E-state index in [1.165, 1.54) is 34.8 Å². The van der Waals surface area contributed by atoms with Gasteiger partial charge in [0.15, 0.2) is 5.13 Å². The van der Waals surface area contributed by atoms with E-state index in [4.69, 9.17) is 0 Å². The number of amides is 1. The Morgan fingerprint density at radius 1 is 1.11 bits per heavy atom. The molecule has 0 saturated carbocycles. The summed E-state index contributed by atoms with van der Waals surface area (Å²) in [6, 6.07) is 8.19. The molecule has 0 aliphatic rings. The molecule has 0 unspecified atom stereocenters. The summed E-state index contributed by atoms with van der Waals surface area (Å²) >= 11 is 4.56. The number of nitrogens with one attached hydrogen (secondary N) is 1. The highest BCUT2D eigenvalue weighted by atomic mass is 32.1. The van der Waals surface area contributed by atoms with Crippen LogP contribution in [0.5, 0.6) is 0 Å². The van der Waals surface area contributed by atoms with Crippen LogP contribution in [0.15, 0.2) is 46.5 Å². The summed E-state index contributed by atoms with van der Waals surface area (Å²) < 4.78 is 13.1. The van der Waals surface area contributed by atoms with Crippen molar-refractivity contribution in [3.63, 3.8) is 0 Å². The summed E-state index contributed by atoms with van der Waals surface area (Å²) in [5.74, 6) is -0.443. The van der Waals surface area contributed by atoms with E-state index in [-0.39, 0.29) is 18.1 Å². The van der Waals surface area contributed by atoms with Gasteiger partial charge in [0.25, 0.3) is 0 Å². The molecule has 4 rings (SSSR count). The molecule has 3 aromatic heterocycles. The third kappa shape index (κ3) is 4.13. The van der Waals surface area contributed by atoms with Crippen LogP contribution in [0.3, 0.4) is 0 Å².